The average Bonchev–Trinajstić information content (AvgIpc) is 2.63. The maximum Gasteiger partial charge on any atom is 0.109 e. The molecular weight excluding hydrogens is 138 g/mol. The fourth-order valence-corrected chi connectivity index (χ4v) is 1.63. The molecule has 0 amide bonds. The Bertz CT molecular complexity index is 224. The lowest BCUT2D eigenvalue weighted by molar-refractivity contribution is 0.437. The van der Waals surface area contributed by atoms with Gasteiger partial charge in [0, 0.05) is 5.41 Å². The smallest absolute Gasteiger partial charge is 0.109 e. The fraction of sp³-hybridized carbons (Fsp3) is 0.556. The summed E-state index contributed by atoms with van der Waals surface area (Å²) in [4.78, 5) is 0. The fourth-order valence-electron chi connectivity index (χ4n) is 1.63. The van der Waals surface area contributed by atoms with E-state index in [-0.39, 0.29) is 0 Å². The normalized spacial score (nSPS) is 20.1. The van der Waals surface area contributed by atoms with Gasteiger partial charge in [-0.15, -0.1) is 0 Å². The van der Waals surface area contributed by atoms with Crippen molar-refractivity contribution < 1.29 is 4.42 Å². The van der Waals surface area contributed by atoms with Crippen molar-refractivity contribution >= 4 is 0 Å². The monoisotopic (exact) mass is 151 g/mol. The molecule has 0 spiro atoms. The van der Waals surface area contributed by atoms with Crippen LogP contribution in [0.5, 0.6) is 0 Å². The molecule has 2 N–H and O–H groups in total. The van der Waals surface area contributed by atoms with E-state index in [4.69, 9.17) is 10.2 Å². The first-order chi connectivity index (χ1) is 5.37. The van der Waals surface area contributed by atoms with Gasteiger partial charge in [0.15, 0.2) is 0 Å². The molecule has 0 bridgehead atoms. The van der Waals surface area contributed by atoms with E-state index < -0.39 is 0 Å². The minimum absolute atomic E-state index is 0.332. The Balaban J connectivity index is 2.15. The molecule has 0 saturated heterocycles. The molecule has 1 aliphatic rings. The largest absolute Gasteiger partial charge is 0.469 e. The lowest BCUT2D eigenvalue weighted by Gasteiger charge is -2.08. The van der Waals surface area contributed by atoms with Crippen LogP contribution in [0.4, 0.5) is 0 Å². The second kappa shape index (κ2) is 2.38. The van der Waals surface area contributed by atoms with Gasteiger partial charge >= 0.3 is 0 Å². The van der Waals surface area contributed by atoms with E-state index in [0.29, 0.717) is 5.41 Å². The van der Waals surface area contributed by atoms with Crippen LogP contribution in [0.1, 0.15) is 25.0 Å². The number of furan rings is 1. The van der Waals surface area contributed by atoms with E-state index in [1.165, 1.54) is 12.8 Å². The number of nitrogens with two attached hydrogens (primary N) is 1. The summed E-state index contributed by atoms with van der Waals surface area (Å²) in [5.74, 6) is 1.13. The molecule has 0 aliphatic heterocycles. The molecule has 0 atom stereocenters. The van der Waals surface area contributed by atoms with Crippen LogP contribution in [0.3, 0.4) is 0 Å². The summed E-state index contributed by atoms with van der Waals surface area (Å²) >= 11 is 0. The first kappa shape index (κ1) is 6.92. The summed E-state index contributed by atoms with van der Waals surface area (Å²) in [6.07, 6.45) is 5.31. The van der Waals surface area contributed by atoms with E-state index in [1.807, 2.05) is 6.07 Å². The topological polar surface area (TPSA) is 39.2 Å². The van der Waals surface area contributed by atoms with Gasteiger partial charge in [0.1, 0.15) is 5.76 Å². The van der Waals surface area contributed by atoms with Gasteiger partial charge in [0.2, 0.25) is 0 Å². The van der Waals surface area contributed by atoms with Crippen LogP contribution in [0.2, 0.25) is 0 Å². The average molecular weight is 151 g/mol. The summed E-state index contributed by atoms with van der Waals surface area (Å²) < 4.78 is 5.36. The molecule has 2 nitrogen and oxygen atoms in total. The molecule has 1 fully saturated rings. The summed E-state index contributed by atoms with van der Waals surface area (Å²) in [7, 11) is 0. The molecule has 1 saturated carbocycles. The van der Waals surface area contributed by atoms with Gasteiger partial charge in [-0.2, -0.15) is 0 Å². The molecule has 0 radical (unpaired) electrons. The third kappa shape index (κ3) is 1.07. The number of hydrogen-bond donors (Lipinski definition) is 1. The van der Waals surface area contributed by atoms with Gasteiger partial charge < -0.3 is 10.2 Å². The van der Waals surface area contributed by atoms with E-state index in [2.05, 4.69) is 6.07 Å². The van der Waals surface area contributed by atoms with Crippen molar-refractivity contribution in [3.8, 4) is 0 Å². The van der Waals surface area contributed by atoms with Crippen molar-refractivity contribution in [1.29, 1.82) is 0 Å². The summed E-state index contributed by atoms with van der Waals surface area (Å²) in [6.45, 7) is 0.765. The summed E-state index contributed by atoms with van der Waals surface area (Å²) in [6, 6.07) is 4.01. The molecule has 60 valence electrons. The highest BCUT2D eigenvalue weighted by Gasteiger charge is 2.45. The van der Waals surface area contributed by atoms with Crippen LogP contribution < -0.4 is 5.73 Å². The number of rotatable bonds is 3. The van der Waals surface area contributed by atoms with Gasteiger partial charge in [-0.05, 0) is 37.9 Å². The lowest BCUT2D eigenvalue weighted by Crippen LogP contribution is -2.12. The van der Waals surface area contributed by atoms with Crippen LogP contribution in [-0.4, -0.2) is 6.54 Å². The first-order valence-electron chi connectivity index (χ1n) is 4.11. The zero-order chi connectivity index (χ0) is 7.73. The van der Waals surface area contributed by atoms with E-state index in [9.17, 15) is 0 Å². The molecule has 0 aromatic carbocycles. The maximum absolute atomic E-state index is 5.52. The Kier molecular flexibility index (Phi) is 1.50. The van der Waals surface area contributed by atoms with Gasteiger partial charge in [0.25, 0.3) is 0 Å². The predicted octanol–water partition coefficient (Wildman–Crippen LogP) is 1.66. The molecule has 1 aromatic heterocycles. The Morgan fingerprint density at radius 1 is 1.55 bits per heavy atom. The molecule has 0 unspecified atom stereocenters. The molecule has 1 heterocycles. The van der Waals surface area contributed by atoms with Crippen LogP contribution in [0.25, 0.3) is 0 Å². The Hall–Kier alpha value is -0.760. The van der Waals surface area contributed by atoms with Gasteiger partial charge in [-0.1, -0.05) is 0 Å². The van der Waals surface area contributed by atoms with Gasteiger partial charge in [-0.3, -0.25) is 0 Å². The van der Waals surface area contributed by atoms with Crippen LogP contribution in [0.15, 0.2) is 22.8 Å². The minimum Gasteiger partial charge on any atom is -0.469 e. The molecule has 2 rings (SSSR count). The van der Waals surface area contributed by atoms with Crippen LogP contribution >= 0.6 is 0 Å². The van der Waals surface area contributed by atoms with Crippen LogP contribution in [-0.2, 0) is 5.41 Å². The molecule has 1 aliphatic carbocycles. The highest BCUT2D eigenvalue weighted by atomic mass is 16.3. The highest BCUT2D eigenvalue weighted by Crippen LogP contribution is 2.50. The van der Waals surface area contributed by atoms with Crippen molar-refractivity contribution in [2.75, 3.05) is 6.54 Å². The number of hydrogen-bond acceptors (Lipinski definition) is 2. The summed E-state index contributed by atoms with van der Waals surface area (Å²) in [5, 5.41) is 0. The second-order valence-electron chi connectivity index (χ2n) is 3.30. The van der Waals surface area contributed by atoms with E-state index >= 15 is 0 Å². The minimum atomic E-state index is 0.332. The molecular formula is C9H13NO. The standard InChI is InChI=1S/C9H13NO/c10-6-5-9(3-4-9)8-2-1-7-11-8/h1-2,7H,3-6,10H2. The Morgan fingerprint density at radius 2 is 2.36 bits per heavy atom. The first-order valence-corrected chi connectivity index (χ1v) is 4.11. The zero-order valence-corrected chi connectivity index (χ0v) is 6.55. The van der Waals surface area contributed by atoms with Crippen molar-refractivity contribution in [2.45, 2.75) is 24.7 Å². The second-order valence-corrected chi connectivity index (χ2v) is 3.30. The van der Waals surface area contributed by atoms with Crippen molar-refractivity contribution in [1.82, 2.24) is 0 Å². The van der Waals surface area contributed by atoms with E-state index in [1.54, 1.807) is 6.26 Å². The Morgan fingerprint density at radius 3 is 2.82 bits per heavy atom. The van der Waals surface area contributed by atoms with Crippen molar-refractivity contribution in [3.63, 3.8) is 0 Å². The Labute approximate surface area is 66.4 Å². The lowest BCUT2D eigenvalue weighted by atomic mass is 10.00. The quantitative estimate of drug-likeness (QED) is 0.713. The summed E-state index contributed by atoms with van der Waals surface area (Å²) in [5.41, 5.74) is 5.85. The maximum atomic E-state index is 5.52. The predicted molar refractivity (Wildman–Crippen MR) is 43.3 cm³/mol. The van der Waals surface area contributed by atoms with Crippen molar-refractivity contribution in [3.05, 3.63) is 24.2 Å². The SMILES string of the molecule is NCCC1(c2ccco2)CC1. The van der Waals surface area contributed by atoms with E-state index in [0.717, 1.165) is 18.7 Å². The molecule has 1 aromatic rings. The zero-order valence-electron chi connectivity index (χ0n) is 6.55. The third-order valence-electron chi connectivity index (χ3n) is 2.52. The van der Waals surface area contributed by atoms with Crippen LogP contribution in [0, 0.1) is 0 Å². The van der Waals surface area contributed by atoms with Gasteiger partial charge in [-0.25, -0.2) is 0 Å². The van der Waals surface area contributed by atoms with Crippen molar-refractivity contribution in [2.24, 2.45) is 5.73 Å². The highest BCUT2D eigenvalue weighted by molar-refractivity contribution is 5.21. The molecule has 2 heteroatoms. The third-order valence-corrected chi connectivity index (χ3v) is 2.52. The molecule has 11 heavy (non-hydrogen) atoms. The van der Waals surface area contributed by atoms with Gasteiger partial charge in [0.05, 0.1) is 6.26 Å².